The fourth-order valence-electron chi connectivity index (χ4n) is 2.24. The highest BCUT2D eigenvalue weighted by Crippen LogP contribution is 2.60. The van der Waals surface area contributed by atoms with Crippen molar-refractivity contribution in [3.8, 4) is 11.4 Å². The molecule has 0 bridgehead atoms. The average Bonchev–Trinajstić information content (AvgIpc) is 3.08. The molecule has 0 atom stereocenters. The number of alkyl halides is 2. The maximum atomic E-state index is 13.9. The number of benzene rings is 2. The van der Waals surface area contributed by atoms with Crippen molar-refractivity contribution in [2.24, 2.45) is 0 Å². The highest BCUT2D eigenvalue weighted by atomic mass is 79.9. The van der Waals surface area contributed by atoms with Crippen LogP contribution in [0.1, 0.15) is 11.1 Å². The van der Waals surface area contributed by atoms with Gasteiger partial charge in [0.15, 0.2) is 11.0 Å². The molecule has 0 spiro atoms. The van der Waals surface area contributed by atoms with Crippen LogP contribution in [0.3, 0.4) is 0 Å². The minimum Gasteiger partial charge on any atom is -0.320 e. The lowest BCUT2D eigenvalue weighted by atomic mass is 10.1. The van der Waals surface area contributed by atoms with Gasteiger partial charge >= 0.3 is 13.3 Å². The van der Waals surface area contributed by atoms with Gasteiger partial charge < -0.3 is 9.79 Å². The zero-order chi connectivity index (χ0) is 20.5. The molecule has 6 nitrogen and oxygen atoms in total. The van der Waals surface area contributed by atoms with E-state index in [0.29, 0.717) is 27.3 Å². The summed E-state index contributed by atoms with van der Waals surface area (Å²) in [6, 6.07) is 10.8. The van der Waals surface area contributed by atoms with Crippen molar-refractivity contribution in [3.05, 3.63) is 63.1 Å². The molecule has 28 heavy (non-hydrogen) atoms. The number of nitrogens with zero attached hydrogens (tertiary/aromatic N) is 2. The van der Waals surface area contributed by atoms with Crippen LogP contribution in [0.4, 0.5) is 8.78 Å². The quantitative estimate of drug-likeness (QED) is 0.303. The maximum Gasteiger partial charge on any atom is 0.399 e. The number of H-pyrrole nitrogens is 1. The molecular formula is C16H12BrClF2N3O3PS. The summed E-state index contributed by atoms with van der Waals surface area (Å²) in [7, 11) is -5.63. The van der Waals surface area contributed by atoms with Gasteiger partial charge in [0.1, 0.15) is 0 Å². The van der Waals surface area contributed by atoms with Crippen molar-refractivity contribution >= 4 is 46.9 Å². The Hall–Kier alpha value is -1.29. The second-order valence-corrected chi connectivity index (χ2v) is 9.56. The fraction of sp³-hybridized carbons (Fsp3) is 0.125. The summed E-state index contributed by atoms with van der Waals surface area (Å²) in [6.45, 7) is 0. The summed E-state index contributed by atoms with van der Waals surface area (Å²) in [5.41, 5.74) is -3.58. The second-order valence-electron chi connectivity index (χ2n) is 5.66. The van der Waals surface area contributed by atoms with Crippen LogP contribution in [0, 0.1) is 0 Å². The lowest BCUT2D eigenvalue weighted by Crippen LogP contribution is -2.14. The van der Waals surface area contributed by atoms with Crippen LogP contribution in [-0.2, 0) is 16.0 Å². The van der Waals surface area contributed by atoms with E-state index in [1.807, 2.05) is 0 Å². The lowest BCUT2D eigenvalue weighted by Gasteiger charge is -2.19. The monoisotopic (exact) mass is 509 g/mol. The summed E-state index contributed by atoms with van der Waals surface area (Å²) in [5.74, 6) is 0.882. The van der Waals surface area contributed by atoms with Crippen LogP contribution in [-0.4, -0.2) is 25.0 Å². The molecule has 0 aliphatic rings. The molecule has 0 amide bonds. The molecule has 0 aliphatic heterocycles. The van der Waals surface area contributed by atoms with Crippen LogP contribution in [0.2, 0.25) is 5.02 Å². The van der Waals surface area contributed by atoms with Gasteiger partial charge in [-0.25, -0.2) is 4.98 Å². The maximum absolute atomic E-state index is 13.9. The third kappa shape index (κ3) is 4.64. The van der Waals surface area contributed by atoms with Crippen LogP contribution < -0.4 is 0 Å². The zero-order valence-corrected chi connectivity index (χ0v) is 17.9. The number of hydrogen-bond acceptors (Lipinski definition) is 4. The molecule has 3 rings (SSSR count). The van der Waals surface area contributed by atoms with Crippen LogP contribution in [0.15, 0.2) is 52.1 Å². The lowest BCUT2D eigenvalue weighted by molar-refractivity contribution is 0.0557. The Morgan fingerprint density at radius 1 is 1.21 bits per heavy atom. The first-order valence-electron chi connectivity index (χ1n) is 7.61. The molecule has 0 saturated heterocycles. The number of aromatic nitrogens is 3. The molecule has 148 valence electrons. The van der Waals surface area contributed by atoms with E-state index in [1.165, 1.54) is 23.9 Å². The van der Waals surface area contributed by atoms with E-state index in [4.69, 9.17) is 21.4 Å². The molecule has 0 aliphatic carbocycles. The number of halogens is 4. The summed E-state index contributed by atoms with van der Waals surface area (Å²) in [4.78, 5) is 22.1. The van der Waals surface area contributed by atoms with E-state index >= 15 is 0 Å². The molecule has 1 aromatic heterocycles. The first-order chi connectivity index (χ1) is 13.1. The van der Waals surface area contributed by atoms with Crippen molar-refractivity contribution in [3.63, 3.8) is 0 Å². The normalized spacial score (nSPS) is 12.4. The topological polar surface area (TPSA) is 99.1 Å². The fourth-order valence-corrected chi connectivity index (χ4v) is 4.45. The van der Waals surface area contributed by atoms with E-state index in [1.54, 1.807) is 24.3 Å². The van der Waals surface area contributed by atoms with Gasteiger partial charge in [-0.05, 0) is 35.9 Å². The van der Waals surface area contributed by atoms with Crippen LogP contribution in [0.25, 0.3) is 11.4 Å². The number of nitrogens with one attached hydrogen (secondary N) is 1. The minimum absolute atomic E-state index is 0.0849. The third-order valence-electron chi connectivity index (χ3n) is 3.67. The Kier molecular flexibility index (Phi) is 6.29. The summed E-state index contributed by atoms with van der Waals surface area (Å²) in [5, 5.41) is 8.05. The number of rotatable bonds is 6. The van der Waals surface area contributed by atoms with Gasteiger partial charge in [-0.15, -0.1) is 0 Å². The molecule has 12 heteroatoms. The van der Waals surface area contributed by atoms with Gasteiger partial charge in [0.2, 0.25) is 0 Å². The summed E-state index contributed by atoms with van der Waals surface area (Å²) >= 11 is 10.1. The molecule has 0 fully saturated rings. The standard InChI is InChI=1S/C16H12BrClF2N3O3PS/c17-13-7-9(1-6-12(13)16(19,20)27(24,25)26)8-28-15-21-14(22-23-15)10-2-4-11(18)5-3-10/h1-7H,8H2,(H,21,22,23)(H2,24,25,26). The van der Waals surface area contributed by atoms with E-state index in [2.05, 4.69) is 31.1 Å². The Balaban J connectivity index is 1.71. The van der Waals surface area contributed by atoms with Crippen molar-refractivity contribution < 1.29 is 23.1 Å². The Morgan fingerprint density at radius 2 is 1.89 bits per heavy atom. The molecule has 0 unspecified atom stereocenters. The summed E-state index contributed by atoms with van der Waals surface area (Å²) in [6.07, 6.45) is 0. The summed E-state index contributed by atoms with van der Waals surface area (Å²) < 4.78 is 38.7. The van der Waals surface area contributed by atoms with Gasteiger partial charge in [-0.3, -0.25) is 9.66 Å². The largest absolute Gasteiger partial charge is 0.399 e. The molecule has 1 heterocycles. The molecule has 0 radical (unpaired) electrons. The minimum atomic E-state index is -5.63. The first kappa shape index (κ1) is 21.4. The van der Waals surface area contributed by atoms with Gasteiger partial charge in [0.05, 0.1) is 0 Å². The highest BCUT2D eigenvalue weighted by Gasteiger charge is 2.51. The van der Waals surface area contributed by atoms with E-state index in [-0.39, 0.29) is 4.47 Å². The van der Waals surface area contributed by atoms with Gasteiger partial charge in [0, 0.05) is 26.4 Å². The Morgan fingerprint density at radius 3 is 2.50 bits per heavy atom. The van der Waals surface area contributed by atoms with Crippen molar-refractivity contribution in [1.29, 1.82) is 0 Å². The van der Waals surface area contributed by atoms with Crippen LogP contribution >= 0.6 is 46.9 Å². The zero-order valence-electron chi connectivity index (χ0n) is 13.8. The third-order valence-corrected chi connectivity index (χ3v) is 6.48. The molecule has 3 aromatic rings. The van der Waals surface area contributed by atoms with Crippen molar-refractivity contribution in [1.82, 2.24) is 15.2 Å². The SMILES string of the molecule is O=P(O)(O)C(F)(F)c1ccc(CSc2nc(-c3ccc(Cl)cc3)n[nH]2)cc1Br. The second kappa shape index (κ2) is 8.22. The predicted octanol–water partition coefficient (Wildman–Crippen LogP) is 5.41. The number of thioether (sulfide) groups is 1. The van der Waals surface area contributed by atoms with Gasteiger partial charge in [0.25, 0.3) is 0 Å². The molecular weight excluding hydrogens is 499 g/mol. The molecule has 0 saturated carbocycles. The van der Waals surface area contributed by atoms with E-state index < -0.39 is 18.8 Å². The van der Waals surface area contributed by atoms with E-state index in [9.17, 15) is 13.3 Å². The Bertz CT molecular complexity index is 1050. The van der Waals surface area contributed by atoms with Gasteiger partial charge in [-0.1, -0.05) is 51.4 Å². The first-order valence-corrected chi connectivity index (χ1v) is 11.4. The molecule has 3 N–H and O–H groups in total. The van der Waals surface area contributed by atoms with Crippen LogP contribution in [0.5, 0.6) is 0 Å². The number of hydrogen-bond donors (Lipinski definition) is 3. The number of aromatic amines is 1. The smallest absolute Gasteiger partial charge is 0.320 e. The van der Waals surface area contributed by atoms with Crippen molar-refractivity contribution in [2.75, 3.05) is 0 Å². The Labute approximate surface area is 176 Å². The molecule has 2 aromatic carbocycles. The van der Waals surface area contributed by atoms with Gasteiger partial charge in [-0.2, -0.15) is 13.9 Å². The van der Waals surface area contributed by atoms with Crippen molar-refractivity contribution in [2.45, 2.75) is 16.6 Å². The predicted molar refractivity (Wildman–Crippen MR) is 106 cm³/mol. The van der Waals surface area contributed by atoms with E-state index in [0.717, 1.165) is 11.6 Å². The highest BCUT2D eigenvalue weighted by molar-refractivity contribution is 9.10. The average molecular weight is 511 g/mol.